The molecule has 4 aromatic carbocycles. The highest BCUT2D eigenvalue weighted by Gasteiger charge is 2.13. The van der Waals surface area contributed by atoms with Gasteiger partial charge in [0.25, 0.3) is 11.8 Å². The number of benzene rings is 4. The van der Waals surface area contributed by atoms with Gasteiger partial charge in [-0.05, 0) is 83.9 Å². The molecule has 0 fully saturated rings. The Morgan fingerprint density at radius 3 is 1.25 bits per heavy atom. The minimum absolute atomic E-state index is 0.285. The van der Waals surface area contributed by atoms with Gasteiger partial charge in [-0.15, -0.1) is 0 Å². The SMILES string of the molecule is COc1ccc(C(=O)Nc2ccc(-c3ccc(NC(=O)c4ccc(OC)cc4)c(Cl)c3)cc2Cl)cc1. The highest BCUT2D eigenvalue weighted by Crippen LogP contribution is 2.33. The molecule has 0 unspecified atom stereocenters. The molecular formula is C28H22Cl2N2O4. The molecule has 2 N–H and O–H groups in total. The third kappa shape index (κ3) is 5.79. The first-order valence-electron chi connectivity index (χ1n) is 10.9. The second-order valence-electron chi connectivity index (χ2n) is 7.75. The third-order valence-corrected chi connectivity index (χ3v) is 6.10. The van der Waals surface area contributed by atoms with Crippen LogP contribution in [0.5, 0.6) is 11.5 Å². The summed E-state index contributed by atoms with van der Waals surface area (Å²) < 4.78 is 10.2. The topological polar surface area (TPSA) is 76.7 Å². The van der Waals surface area contributed by atoms with Crippen LogP contribution in [0.1, 0.15) is 20.7 Å². The summed E-state index contributed by atoms with van der Waals surface area (Å²) in [6, 6.07) is 24.2. The molecule has 0 saturated carbocycles. The molecule has 182 valence electrons. The van der Waals surface area contributed by atoms with Crippen molar-refractivity contribution in [3.63, 3.8) is 0 Å². The largest absolute Gasteiger partial charge is 0.497 e. The number of hydrogen-bond acceptors (Lipinski definition) is 4. The van der Waals surface area contributed by atoms with Crippen LogP contribution in [-0.2, 0) is 0 Å². The molecule has 0 aliphatic rings. The molecule has 36 heavy (non-hydrogen) atoms. The van der Waals surface area contributed by atoms with Gasteiger partial charge in [0.05, 0.1) is 35.6 Å². The lowest BCUT2D eigenvalue weighted by molar-refractivity contribution is 0.101. The van der Waals surface area contributed by atoms with E-state index >= 15 is 0 Å². The number of amides is 2. The molecule has 0 aliphatic carbocycles. The van der Waals surface area contributed by atoms with E-state index in [2.05, 4.69) is 10.6 Å². The molecule has 4 aromatic rings. The second-order valence-corrected chi connectivity index (χ2v) is 8.57. The zero-order valence-electron chi connectivity index (χ0n) is 19.5. The van der Waals surface area contributed by atoms with Gasteiger partial charge in [-0.3, -0.25) is 9.59 Å². The number of carbonyl (C=O) groups excluding carboxylic acids is 2. The van der Waals surface area contributed by atoms with Crippen molar-refractivity contribution in [2.75, 3.05) is 24.9 Å². The van der Waals surface area contributed by atoms with Crippen LogP contribution >= 0.6 is 23.2 Å². The van der Waals surface area contributed by atoms with Gasteiger partial charge in [-0.2, -0.15) is 0 Å². The van der Waals surface area contributed by atoms with E-state index < -0.39 is 0 Å². The lowest BCUT2D eigenvalue weighted by Crippen LogP contribution is -2.12. The van der Waals surface area contributed by atoms with E-state index in [-0.39, 0.29) is 11.8 Å². The van der Waals surface area contributed by atoms with E-state index in [1.807, 2.05) is 12.1 Å². The number of halogens is 2. The first kappa shape index (κ1) is 25.1. The fraction of sp³-hybridized carbons (Fsp3) is 0.0714. The molecule has 6 nitrogen and oxygen atoms in total. The fourth-order valence-electron chi connectivity index (χ4n) is 3.47. The van der Waals surface area contributed by atoms with Crippen LogP contribution in [0.15, 0.2) is 84.9 Å². The van der Waals surface area contributed by atoms with Crippen molar-refractivity contribution >= 4 is 46.4 Å². The van der Waals surface area contributed by atoms with Crippen molar-refractivity contribution in [2.45, 2.75) is 0 Å². The van der Waals surface area contributed by atoms with E-state index in [1.54, 1.807) is 87.0 Å². The summed E-state index contributed by atoms with van der Waals surface area (Å²) in [4.78, 5) is 25.1. The van der Waals surface area contributed by atoms with Gasteiger partial charge in [-0.25, -0.2) is 0 Å². The predicted molar refractivity (Wildman–Crippen MR) is 144 cm³/mol. The predicted octanol–water partition coefficient (Wildman–Crippen LogP) is 7.18. The Morgan fingerprint density at radius 2 is 0.944 bits per heavy atom. The molecule has 0 bridgehead atoms. The molecule has 0 atom stereocenters. The van der Waals surface area contributed by atoms with Crippen LogP contribution in [-0.4, -0.2) is 26.0 Å². The molecule has 0 spiro atoms. The molecule has 8 heteroatoms. The van der Waals surface area contributed by atoms with Crippen LogP contribution in [0.25, 0.3) is 11.1 Å². The van der Waals surface area contributed by atoms with Gasteiger partial charge in [-0.1, -0.05) is 35.3 Å². The zero-order chi connectivity index (χ0) is 25.7. The number of rotatable bonds is 7. The Labute approximate surface area is 218 Å². The summed E-state index contributed by atoms with van der Waals surface area (Å²) in [7, 11) is 3.13. The molecule has 0 aliphatic heterocycles. The highest BCUT2D eigenvalue weighted by molar-refractivity contribution is 6.35. The van der Waals surface area contributed by atoms with E-state index in [0.29, 0.717) is 44.0 Å². The molecule has 0 saturated heterocycles. The molecule has 2 amide bonds. The number of carbonyl (C=O) groups is 2. The normalized spacial score (nSPS) is 10.4. The Bertz CT molecular complexity index is 1300. The number of ether oxygens (including phenoxy) is 2. The Morgan fingerprint density at radius 1 is 0.583 bits per heavy atom. The van der Waals surface area contributed by atoms with Crippen LogP contribution in [0, 0.1) is 0 Å². The van der Waals surface area contributed by atoms with Crippen LogP contribution in [0.4, 0.5) is 11.4 Å². The monoisotopic (exact) mass is 520 g/mol. The van der Waals surface area contributed by atoms with Crippen LogP contribution in [0.3, 0.4) is 0 Å². The summed E-state index contributed by atoms with van der Waals surface area (Å²) in [5.41, 5.74) is 3.53. The Hall–Kier alpha value is -4.00. The van der Waals surface area contributed by atoms with Crippen molar-refractivity contribution in [3.8, 4) is 22.6 Å². The maximum absolute atomic E-state index is 12.6. The Kier molecular flexibility index (Phi) is 7.78. The van der Waals surface area contributed by atoms with Crippen molar-refractivity contribution in [2.24, 2.45) is 0 Å². The van der Waals surface area contributed by atoms with Gasteiger partial charge >= 0.3 is 0 Å². The van der Waals surface area contributed by atoms with Crippen molar-refractivity contribution < 1.29 is 19.1 Å². The van der Waals surface area contributed by atoms with E-state index in [9.17, 15) is 9.59 Å². The summed E-state index contributed by atoms with van der Waals surface area (Å²) >= 11 is 12.9. The first-order valence-corrected chi connectivity index (χ1v) is 11.6. The lowest BCUT2D eigenvalue weighted by Gasteiger charge is -2.12. The van der Waals surface area contributed by atoms with Gasteiger partial charge in [0.1, 0.15) is 11.5 Å². The van der Waals surface area contributed by atoms with Crippen molar-refractivity contribution in [1.82, 2.24) is 0 Å². The molecule has 0 heterocycles. The maximum Gasteiger partial charge on any atom is 0.255 e. The molecule has 0 aromatic heterocycles. The summed E-state index contributed by atoms with van der Waals surface area (Å²) in [5.74, 6) is 0.762. The standard InChI is InChI=1S/C28H22Cl2N2O4/c1-35-21-9-3-17(4-10-21)27(33)31-25-13-7-19(15-23(25)29)20-8-14-26(24(30)16-20)32-28(34)18-5-11-22(36-2)12-6-18/h3-16H,1-2H3,(H,31,33)(H,32,34). The van der Waals surface area contributed by atoms with Crippen molar-refractivity contribution in [3.05, 3.63) is 106 Å². The third-order valence-electron chi connectivity index (χ3n) is 5.47. The zero-order valence-corrected chi connectivity index (χ0v) is 21.0. The smallest absolute Gasteiger partial charge is 0.255 e. The number of nitrogens with one attached hydrogen (secondary N) is 2. The first-order chi connectivity index (χ1) is 17.4. The summed E-state index contributed by atoms with van der Waals surface area (Å²) in [6.45, 7) is 0. The average molecular weight is 521 g/mol. The number of anilines is 2. The molecular weight excluding hydrogens is 499 g/mol. The van der Waals surface area contributed by atoms with Gasteiger partial charge in [0.2, 0.25) is 0 Å². The van der Waals surface area contributed by atoms with Crippen molar-refractivity contribution in [1.29, 1.82) is 0 Å². The van der Waals surface area contributed by atoms with Crippen LogP contribution in [0.2, 0.25) is 10.0 Å². The minimum Gasteiger partial charge on any atom is -0.497 e. The van der Waals surface area contributed by atoms with E-state index in [0.717, 1.165) is 11.1 Å². The minimum atomic E-state index is -0.285. The average Bonchev–Trinajstić information content (AvgIpc) is 2.91. The maximum atomic E-state index is 12.6. The Balaban J connectivity index is 1.46. The fourth-order valence-corrected chi connectivity index (χ4v) is 3.92. The van der Waals surface area contributed by atoms with E-state index in [4.69, 9.17) is 32.7 Å². The second kappa shape index (κ2) is 11.2. The number of hydrogen-bond donors (Lipinski definition) is 2. The van der Waals surface area contributed by atoms with E-state index in [1.165, 1.54) is 0 Å². The summed E-state index contributed by atoms with van der Waals surface area (Å²) in [6.07, 6.45) is 0. The molecule has 0 radical (unpaired) electrons. The number of methoxy groups -OCH3 is 2. The lowest BCUT2D eigenvalue weighted by atomic mass is 10.0. The molecule has 4 rings (SSSR count). The van der Waals surface area contributed by atoms with Gasteiger partial charge < -0.3 is 20.1 Å². The van der Waals surface area contributed by atoms with Crippen LogP contribution < -0.4 is 20.1 Å². The summed E-state index contributed by atoms with van der Waals surface area (Å²) in [5, 5.41) is 6.38. The van der Waals surface area contributed by atoms with Gasteiger partial charge in [0.15, 0.2) is 0 Å². The highest BCUT2D eigenvalue weighted by atomic mass is 35.5. The quantitative estimate of drug-likeness (QED) is 0.270. The van der Waals surface area contributed by atoms with Gasteiger partial charge in [0, 0.05) is 11.1 Å².